The first kappa shape index (κ1) is 24.7. The smallest absolute Gasteiger partial charge is 0.416 e. The van der Waals surface area contributed by atoms with E-state index in [0.29, 0.717) is 28.3 Å². The predicted molar refractivity (Wildman–Crippen MR) is 157 cm³/mol. The standard InChI is InChI=1S/C36H22F3NO2/c37-36(38,39)25-11-7-8-22(20-25)21-40-30-15-6-5-14-28(30)35(34(40)41)29-18-16-24-10-2-4-13-27(24)33(29)42-31-19-17-23-9-1-3-12-26(23)32(31)35/h1-20H,21H2. The largest absolute Gasteiger partial charge is 0.456 e. The highest BCUT2D eigenvalue weighted by Gasteiger charge is 2.58. The lowest BCUT2D eigenvalue weighted by Crippen LogP contribution is -2.43. The Hall–Kier alpha value is -5.10. The lowest BCUT2D eigenvalue weighted by atomic mass is 9.66. The number of benzene rings is 6. The highest BCUT2D eigenvalue weighted by molar-refractivity contribution is 6.17. The van der Waals surface area contributed by atoms with Gasteiger partial charge in [0.05, 0.1) is 12.1 Å². The van der Waals surface area contributed by atoms with Gasteiger partial charge in [0, 0.05) is 27.8 Å². The van der Waals surface area contributed by atoms with Gasteiger partial charge in [0.2, 0.25) is 5.91 Å². The molecule has 1 amide bonds. The predicted octanol–water partition coefficient (Wildman–Crippen LogP) is 9.00. The zero-order chi connectivity index (χ0) is 28.6. The fourth-order valence-corrected chi connectivity index (χ4v) is 6.76. The minimum Gasteiger partial charge on any atom is -0.456 e. The van der Waals surface area contributed by atoms with E-state index < -0.39 is 17.2 Å². The van der Waals surface area contributed by atoms with Crippen molar-refractivity contribution in [1.82, 2.24) is 0 Å². The number of rotatable bonds is 2. The van der Waals surface area contributed by atoms with Gasteiger partial charge in [0.25, 0.3) is 0 Å². The maximum absolute atomic E-state index is 15.2. The molecule has 0 aromatic heterocycles. The highest BCUT2D eigenvalue weighted by Crippen LogP contribution is 2.60. The van der Waals surface area contributed by atoms with Gasteiger partial charge in [-0.1, -0.05) is 97.1 Å². The number of para-hydroxylation sites is 1. The van der Waals surface area contributed by atoms with E-state index in [1.807, 2.05) is 97.1 Å². The Morgan fingerprint density at radius 2 is 1.38 bits per heavy atom. The number of fused-ring (bicyclic) bond motifs is 10. The third kappa shape index (κ3) is 3.32. The first-order valence-corrected chi connectivity index (χ1v) is 13.7. The Labute approximate surface area is 239 Å². The summed E-state index contributed by atoms with van der Waals surface area (Å²) in [6.07, 6.45) is -4.48. The zero-order valence-corrected chi connectivity index (χ0v) is 22.2. The Bertz CT molecular complexity index is 2080. The van der Waals surface area contributed by atoms with Crippen molar-refractivity contribution in [3.05, 3.63) is 149 Å². The molecule has 1 spiro atoms. The van der Waals surface area contributed by atoms with Gasteiger partial charge >= 0.3 is 6.18 Å². The van der Waals surface area contributed by atoms with Crippen molar-refractivity contribution in [1.29, 1.82) is 0 Å². The van der Waals surface area contributed by atoms with Gasteiger partial charge in [0.1, 0.15) is 16.9 Å². The van der Waals surface area contributed by atoms with E-state index in [-0.39, 0.29) is 12.5 Å². The first-order valence-electron chi connectivity index (χ1n) is 13.7. The van der Waals surface area contributed by atoms with Crippen molar-refractivity contribution < 1.29 is 22.7 Å². The van der Waals surface area contributed by atoms with Crippen LogP contribution in [-0.4, -0.2) is 5.91 Å². The first-order chi connectivity index (χ1) is 20.4. The van der Waals surface area contributed by atoms with E-state index >= 15 is 4.79 Å². The molecule has 1 atom stereocenters. The summed E-state index contributed by atoms with van der Waals surface area (Å²) in [5.41, 5.74) is 1.29. The zero-order valence-electron chi connectivity index (χ0n) is 22.2. The van der Waals surface area contributed by atoms with Crippen LogP contribution in [0.15, 0.2) is 121 Å². The van der Waals surface area contributed by atoms with Crippen LogP contribution in [0.25, 0.3) is 21.5 Å². The van der Waals surface area contributed by atoms with Crippen LogP contribution in [0.5, 0.6) is 11.5 Å². The van der Waals surface area contributed by atoms with E-state index in [9.17, 15) is 13.2 Å². The number of carbonyl (C=O) groups excluding carboxylic acids is 1. The van der Waals surface area contributed by atoms with Gasteiger partial charge < -0.3 is 9.64 Å². The molecule has 0 bridgehead atoms. The number of hydrogen-bond acceptors (Lipinski definition) is 2. The van der Waals surface area contributed by atoms with Crippen LogP contribution in [0, 0.1) is 0 Å². The van der Waals surface area contributed by atoms with Gasteiger partial charge in [-0.15, -0.1) is 0 Å². The molecule has 0 saturated heterocycles. The number of ether oxygens (including phenoxy) is 1. The van der Waals surface area contributed by atoms with Crippen LogP contribution in [0.4, 0.5) is 18.9 Å². The third-order valence-corrected chi connectivity index (χ3v) is 8.52. The van der Waals surface area contributed by atoms with E-state index in [1.54, 1.807) is 11.0 Å². The molecule has 3 nitrogen and oxygen atoms in total. The summed E-state index contributed by atoms with van der Waals surface area (Å²) in [6, 6.07) is 36.4. The van der Waals surface area contributed by atoms with Gasteiger partial charge in [-0.05, 0) is 46.0 Å². The van der Waals surface area contributed by atoms with Gasteiger partial charge in [-0.3, -0.25) is 4.79 Å². The van der Waals surface area contributed by atoms with Gasteiger partial charge in [-0.25, -0.2) is 0 Å². The number of carbonyl (C=O) groups is 1. The Balaban J connectivity index is 1.43. The second-order valence-electron chi connectivity index (χ2n) is 10.8. The molecule has 0 aliphatic carbocycles. The molecule has 204 valence electrons. The quantitative estimate of drug-likeness (QED) is 0.213. The number of anilines is 1. The van der Waals surface area contributed by atoms with E-state index in [1.165, 1.54) is 6.07 Å². The molecule has 0 fully saturated rings. The average Bonchev–Trinajstić information content (AvgIpc) is 3.24. The molecular formula is C36H22F3NO2. The molecule has 0 radical (unpaired) electrons. The lowest BCUT2D eigenvalue weighted by Gasteiger charge is -2.38. The fourth-order valence-electron chi connectivity index (χ4n) is 6.76. The second-order valence-corrected chi connectivity index (χ2v) is 10.8. The summed E-state index contributed by atoms with van der Waals surface area (Å²) in [4.78, 5) is 16.8. The minimum absolute atomic E-state index is 0.00854. The van der Waals surface area contributed by atoms with Crippen LogP contribution in [-0.2, 0) is 22.9 Å². The monoisotopic (exact) mass is 557 g/mol. The summed E-state index contributed by atoms with van der Waals surface area (Å²) < 4.78 is 47.4. The molecule has 6 heteroatoms. The number of alkyl halides is 3. The summed E-state index contributed by atoms with van der Waals surface area (Å²) in [6.45, 7) is -0.00854. The van der Waals surface area contributed by atoms with E-state index in [0.717, 1.165) is 44.8 Å². The van der Waals surface area contributed by atoms with Crippen molar-refractivity contribution >= 4 is 33.1 Å². The van der Waals surface area contributed by atoms with Crippen molar-refractivity contribution in [3.63, 3.8) is 0 Å². The molecule has 1 unspecified atom stereocenters. The van der Waals surface area contributed by atoms with Crippen LogP contribution >= 0.6 is 0 Å². The Morgan fingerprint density at radius 1 is 0.690 bits per heavy atom. The summed E-state index contributed by atoms with van der Waals surface area (Å²) in [5.74, 6) is 0.972. The van der Waals surface area contributed by atoms with Crippen molar-refractivity contribution in [3.8, 4) is 11.5 Å². The van der Waals surface area contributed by atoms with Crippen molar-refractivity contribution in [2.45, 2.75) is 18.1 Å². The molecule has 8 rings (SSSR count). The molecule has 6 aromatic carbocycles. The highest BCUT2D eigenvalue weighted by atomic mass is 19.4. The molecule has 0 saturated carbocycles. The molecule has 42 heavy (non-hydrogen) atoms. The number of halogens is 3. The van der Waals surface area contributed by atoms with Gasteiger partial charge in [0.15, 0.2) is 0 Å². The van der Waals surface area contributed by atoms with Crippen LogP contribution < -0.4 is 9.64 Å². The van der Waals surface area contributed by atoms with Crippen molar-refractivity contribution in [2.24, 2.45) is 0 Å². The van der Waals surface area contributed by atoms with Gasteiger partial charge in [-0.2, -0.15) is 13.2 Å². The van der Waals surface area contributed by atoms with Crippen molar-refractivity contribution in [2.75, 3.05) is 4.90 Å². The Kier molecular flexibility index (Phi) is 5.11. The van der Waals surface area contributed by atoms with E-state index in [2.05, 4.69) is 0 Å². The molecule has 2 aliphatic heterocycles. The summed E-state index contributed by atoms with van der Waals surface area (Å²) in [5, 5.41) is 3.72. The maximum atomic E-state index is 15.2. The third-order valence-electron chi connectivity index (χ3n) is 8.52. The van der Waals surface area contributed by atoms with Crippen LogP contribution in [0.2, 0.25) is 0 Å². The summed E-state index contributed by atoms with van der Waals surface area (Å²) >= 11 is 0. The summed E-state index contributed by atoms with van der Waals surface area (Å²) in [7, 11) is 0. The topological polar surface area (TPSA) is 29.5 Å². The fraction of sp³-hybridized carbons (Fsp3) is 0.0833. The van der Waals surface area contributed by atoms with E-state index in [4.69, 9.17) is 4.74 Å². The van der Waals surface area contributed by atoms with Crippen LogP contribution in [0.3, 0.4) is 0 Å². The molecule has 0 N–H and O–H groups in total. The molecule has 2 heterocycles. The maximum Gasteiger partial charge on any atom is 0.416 e. The normalized spacial score (nSPS) is 17.3. The van der Waals surface area contributed by atoms with Crippen LogP contribution in [0.1, 0.15) is 27.8 Å². The average molecular weight is 558 g/mol. The second kappa shape index (κ2) is 8.70. The number of hydrogen-bond donors (Lipinski definition) is 0. The molecule has 6 aromatic rings. The number of amides is 1. The molecule has 2 aliphatic rings. The molecular weight excluding hydrogens is 535 g/mol. The number of nitrogens with zero attached hydrogens (tertiary/aromatic N) is 1. The minimum atomic E-state index is -4.48. The SMILES string of the molecule is O=C1N(Cc2cccc(C(F)(F)F)c2)c2ccccc2C12c1ccc3ccccc3c1Oc1ccc3ccccc3c12. The lowest BCUT2D eigenvalue weighted by molar-refractivity contribution is -0.137. The Morgan fingerprint density at radius 3 is 2.19 bits per heavy atom.